The maximum Gasteiger partial charge on any atom is 0.147 e. The molecule has 3 rings (SSSR count). The Morgan fingerprint density at radius 1 is 1.28 bits per heavy atom. The van der Waals surface area contributed by atoms with E-state index in [4.69, 9.17) is 5.73 Å². The van der Waals surface area contributed by atoms with Crippen LogP contribution in [-0.2, 0) is 0 Å². The Labute approximate surface area is 111 Å². The average molecular weight is 262 g/mol. The van der Waals surface area contributed by atoms with E-state index in [2.05, 4.69) is 20.7 Å². The van der Waals surface area contributed by atoms with Crippen molar-refractivity contribution in [3.8, 4) is 0 Å². The minimum Gasteiger partial charge on any atom is -0.362 e. The van der Waals surface area contributed by atoms with Crippen LogP contribution in [0.2, 0.25) is 0 Å². The van der Waals surface area contributed by atoms with Crippen LogP contribution >= 0.6 is 11.3 Å². The lowest BCUT2D eigenvalue weighted by Gasteiger charge is -2.37. The summed E-state index contributed by atoms with van der Waals surface area (Å²) in [5, 5.41) is 5.66. The molecule has 0 unspecified atom stereocenters. The fourth-order valence-corrected chi connectivity index (χ4v) is 3.53. The molecule has 4 nitrogen and oxygen atoms in total. The maximum absolute atomic E-state index is 6.00. The summed E-state index contributed by atoms with van der Waals surface area (Å²) < 4.78 is 1.14. The van der Waals surface area contributed by atoms with Gasteiger partial charge >= 0.3 is 0 Å². The third kappa shape index (κ3) is 2.08. The Morgan fingerprint density at radius 2 is 2.11 bits per heavy atom. The first-order valence-electron chi connectivity index (χ1n) is 6.49. The van der Waals surface area contributed by atoms with E-state index in [-0.39, 0.29) is 5.54 Å². The van der Waals surface area contributed by atoms with Crippen molar-refractivity contribution in [3.05, 3.63) is 17.8 Å². The van der Waals surface area contributed by atoms with Gasteiger partial charge in [0.15, 0.2) is 0 Å². The molecule has 0 radical (unpaired) electrons. The van der Waals surface area contributed by atoms with Crippen LogP contribution in [0.3, 0.4) is 0 Å². The van der Waals surface area contributed by atoms with Crippen molar-refractivity contribution in [2.45, 2.75) is 37.6 Å². The van der Waals surface area contributed by atoms with E-state index in [0.717, 1.165) is 28.9 Å². The number of hydrogen-bond donors (Lipinski definition) is 2. The molecular formula is C13H18N4S. The molecule has 1 aliphatic rings. The van der Waals surface area contributed by atoms with Crippen LogP contribution in [0.15, 0.2) is 17.8 Å². The normalized spacial score (nSPS) is 18.9. The van der Waals surface area contributed by atoms with E-state index < -0.39 is 0 Å². The Kier molecular flexibility index (Phi) is 3.18. The van der Waals surface area contributed by atoms with Gasteiger partial charge in [-0.25, -0.2) is 9.97 Å². The van der Waals surface area contributed by atoms with Gasteiger partial charge in [0.25, 0.3) is 0 Å². The molecule has 0 aromatic carbocycles. The van der Waals surface area contributed by atoms with E-state index in [1.807, 2.05) is 6.07 Å². The Morgan fingerprint density at radius 3 is 2.89 bits per heavy atom. The number of rotatable bonds is 3. The van der Waals surface area contributed by atoms with Gasteiger partial charge < -0.3 is 11.1 Å². The van der Waals surface area contributed by atoms with E-state index in [1.54, 1.807) is 17.7 Å². The largest absolute Gasteiger partial charge is 0.362 e. The molecule has 2 heterocycles. The minimum absolute atomic E-state index is 0.0313. The number of aromatic nitrogens is 2. The average Bonchev–Trinajstić information content (AvgIpc) is 2.89. The highest BCUT2D eigenvalue weighted by molar-refractivity contribution is 7.17. The molecule has 2 aromatic heterocycles. The van der Waals surface area contributed by atoms with Crippen LogP contribution in [0.25, 0.3) is 10.2 Å². The molecule has 96 valence electrons. The van der Waals surface area contributed by atoms with Crippen LogP contribution in [0, 0.1) is 0 Å². The zero-order chi connectivity index (χ0) is 12.4. The quantitative estimate of drug-likeness (QED) is 0.892. The molecule has 5 heteroatoms. The van der Waals surface area contributed by atoms with E-state index in [0.29, 0.717) is 6.54 Å². The third-order valence-electron chi connectivity index (χ3n) is 3.83. The highest BCUT2D eigenvalue weighted by atomic mass is 32.1. The molecule has 0 amide bonds. The summed E-state index contributed by atoms with van der Waals surface area (Å²) in [6.45, 7) is 0.671. The number of anilines is 1. The predicted octanol–water partition coefficient (Wildman–Crippen LogP) is 2.76. The number of nitrogens with one attached hydrogen (secondary N) is 1. The molecule has 1 fully saturated rings. The first kappa shape index (κ1) is 11.9. The van der Waals surface area contributed by atoms with Gasteiger partial charge in [-0.3, -0.25) is 0 Å². The molecule has 0 aliphatic heterocycles. The van der Waals surface area contributed by atoms with Gasteiger partial charge in [-0.2, -0.15) is 0 Å². The highest BCUT2D eigenvalue weighted by Gasteiger charge is 2.31. The van der Waals surface area contributed by atoms with Crippen molar-refractivity contribution >= 4 is 27.4 Å². The Bertz CT molecular complexity index is 531. The Hall–Kier alpha value is -1.20. The summed E-state index contributed by atoms with van der Waals surface area (Å²) in [5.41, 5.74) is 7.05. The van der Waals surface area contributed by atoms with Gasteiger partial charge in [0.2, 0.25) is 0 Å². The summed E-state index contributed by atoms with van der Waals surface area (Å²) in [7, 11) is 0. The lowest BCUT2D eigenvalue weighted by Crippen LogP contribution is -2.47. The number of nitrogens with two attached hydrogens (primary N) is 1. The van der Waals surface area contributed by atoms with Gasteiger partial charge in [0.1, 0.15) is 12.1 Å². The number of fused-ring (bicyclic) bond motifs is 1. The molecule has 2 aromatic rings. The summed E-state index contributed by atoms with van der Waals surface area (Å²) >= 11 is 1.68. The monoisotopic (exact) mass is 262 g/mol. The topological polar surface area (TPSA) is 63.8 Å². The van der Waals surface area contributed by atoms with Crippen molar-refractivity contribution in [1.29, 1.82) is 0 Å². The molecule has 0 bridgehead atoms. The zero-order valence-electron chi connectivity index (χ0n) is 10.4. The van der Waals surface area contributed by atoms with Gasteiger partial charge in [0.05, 0.1) is 15.8 Å². The Balaban J connectivity index is 1.92. The van der Waals surface area contributed by atoms with Crippen LogP contribution in [0.4, 0.5) is 5.82 Å². The molecule has 0 spiro atoms. The van der Waals surface area contributed by atoms with Gasteiger partial charge in [-0.05, 0) is 24.3 Å². The minimum atomic E-state index is 0.0313. The molecule has 0 saturated heterocycles. The van der Waals surface area contributed by atoms with Crippen LogP contribution in [-0.4, -0.2) is 22.1 Å². The van der Waals surface area contributed by atoms with Gasteiger partial charge in [-0.1, -0.05) is 19.3 Å². The third-order valence-corrected chi connectivity index (χ3v) is 4.74. The summed E-state index contributed by atoms with van der Waals surface area (Å²) in [5.74, 6) is 0.947. The summed E-state index contributed by atoms with van der Waals surface area (Å²) in [6, 6.07) is 2.03. The fourth-order valence-electron chi connectivity index (χ4n) is 2.74. The number of nitrogens with zero attached hydrogens (tertiary/aromatic N) is 2. The van der Waals surface area contributed by atoms with Gasteiger partial charge in [-0.15, -0.1) is 11.3 Å². The van der Waals surface area contributed by atoms with Crippen molar-refractivity contribution in [2.24, 2.45) is 5.73 Å². The second kappa shape index (κ2) is 4.82. The predicted molar refractivity (Wildman–Crippen MR) is 75.9 cm³/mol. The van der Waals surface area contributed by atoms with E-state index >= 15 is 0 Å². The molecular weight excluding hydrogens is 244 g/mol. The van der Waals surface area contributed by atoms with Crippen LogP contribution in [0.5, 0.6) is 0 Å². The molecule has 1 saturated carbocycles. The number of hydrogen-bond acceptors (Lipinski definition) is 5. The highest BCUT2D eigenvalue weighted by Crippen LogP contribution is 2.33. The second-order valence-corrected chi connectivity index (χ2v) is 5.94. The lowest BCUT2D eigenvalue weighted by atomic mass is 9.81. The second-order valence-electron chi connectivity index (χ2n) is 5.03. The van der Waals surface area contributed by atoms with Crippen LogP contribution in [0.1, 0.15) is 32.1 Å². The SMILES string of the molecule is NCC1(Nc2ncnc3ccsc23)CCCCC1. The van der Waals surface area contributed by atoms with Crippen LogP contribution < -0.4 is 11.1 Å². The zero-order valence-corrected chi connectivity index (χ0v) is 11.2. The van der Waals surface area contributed by atoms with Crippen molar-refractivity contribution in [1.82, 2.24) is 9.97 Å². The van der Waals surface area contributed by atoms with Crippen molar-refractivity contribution in [3.63, 3.8) is 0 Å². The summed E-state index contributed by atoms with van der Waals surface area (Å²) in [4.78, 5) is 8.67. The first-order valence-corrected chi connectivity index (χ1v) is 7.37. The molecule has 1 aliphatic carbocycles. The van der Waals surface area contributed by atoms with Crippen molar-refractivity contribution < 1.29 is 0 Å². The van der Waals surface area contributed by atoms with Gasteiger partial charge in [0, 0.05) is 6.54 Å². The standard InChI is InChI=1S/C13H18N4S/c14-8-13(5-2-1-3-6-13)17-12-11-10(4-7-18-11)15-9-16-12/h4,7,9H,1-3,5-6,8,14H2,(H,15,16,17). The lowest BCUT2D eigenvalue weighted by molar-refractivity contribution is 0.330. The smallest absolute Gasteiger partial charge is 0.147 e. The maximum atomic E-state index is 6.00. The molecule has 3 N–H and O–H groups in total. The van der Waals surface area contributed by atoms with E-state index in [1.165, 1.54) is 19.3 Å². The fraction of sp³-hybridized carbons (Fsp3) is 0.538. The molecule has 18 heavy (non-hydrogen) atoms. The summed E-state index contributed by atoms with van der Waals surface area (Å²) in [6.07, 6.45) is 7.73. The molecule has 0 atom stereocenters. The van der Waals surface area contributed by atoms with Crippen molar-refractivity contribution in [2.75, 3.05) is 11.9 Å². The number of thiophene rings is 1. The first-order chi connectivity index (χ1) is 8.83. The van der Waals surface area contributed by atoms with E-state index in [9.17, 15) is 0 Å².